The van der Waals surface area contributed by atoms with E-state index in [1.54, 1.807) is 36.8 Å². The van der Waals surface area contributed by atoms with Gasteiger partial charge in [0.05, 0.1) is 22.9 Å². The Morgan fingerprint density at radius 3 is 2.57 bits per heavy atom. The summed E-state index contributed by atoms with van der Waals surface area (Å²) in [6, 6.07) is 0. The number of nitrogens with zero attached hydrogens (tertiary/aromatic N) is 4. The van der Waals surface area contributed by atoms with Crippen LogP contribution in [0.3, 0.4) is 0 Å². The second-order valence-electron chi connectivity index (χ2n) is 7.51. The number of halogens is 1. The van der Waals surface area contributed by atoms with Gasteiger partial charge in [0.25, 0.3) is 0 Å². The predicted octanol–water partition coefficient (Wildman–Crippen LogP) is 4.47. The molecule has 0 radical (unpaired) electrons. The minimum Gasteiger partial charge on any atom is -0.375 e. The first-order valence-corrected chi connectivity index (χ1v) is 10.8. The molecule has 9 heteroatoms. The zero-order chi connectivity index (χ0) is 20.0. The van der Waals surface area contributed by atoms with Crippen LogP contribution in [0.25, 0.3) is 0 Å². The molecule has 0 saturated carbocycles. The van der Waals surface area contributed by atoms with Crippen molar-refractivity contribution in [2.24, 2.45) is 4.99 Å². The number of nitrogens with one attached hydrogen (secondary N) is 1. The van der Waals surface area contributed by atoms with Crippen molar-refractivity contribution < 1.29 is 4.74 Å². The van der Waals surface area contributed by atoms with E-state index in [4.69, 9.17) is 9.72 Å². The fourth-order valence-corrected chi connectivity index (χ4v) is 4.30. The summed E-state index contributed by atoms with van der Waals surface area (Å²) in [4.78, 5) is 15.9. The maximum Gasteiger partial charge on any atom is 0.193 e. The van der Waals surface area contributed by atoms with E-state index in [1.165, 1.54) is 0 Å². The van der Waals surface area contributed by atoms with Gasteiger partial charge >= 0.3 is 0 Å². The summed E-state index contributed by atoms with van der Waals surface area (Å²) in [5.41, 5.74) is 2.29. The van der Waals surface area contributed by atoms with Crippen molar-refractivity contribution in [3.63, 3.8) is 0 Å². The van der Waals surface area contributed by atoms with Gasteiger partial charge in [-0.05, 0) is 6.92 Å². The summed E-state index contributed by atoms with van der Waals surface area (Å²) >= 11 is 3.36. The standard InChI is InChI=1S/C19H31N5OS2.HI/c1-13(25-7)17-22-14(11-27-17)10-24(6)18(20-5)21-9-8-16-23-15(12-26-16)19(2,3)4;/h11-13H,8-10H2,1-7H3,(H,20,21);1H. The summed E-state index contributed by atoms with van der Waals surface area (Å²) in [6.45, 7) is 10.1. The van der Waals surface area contributed by atoms with Crippen LogP contribution in [0.1, 0.15) is 55.2 Å². The maximum absolute atomic E-state index is 5.33. The van der Waals surface area contributed by atoms with Gasteiger partial charge in [-0.15, -0.1) is 46.7 Å². The average molecular weight is 538 g/mol. The highest BCUT2D eigenvalue weighted by molar-refractivity contribution is 14.0. The highest BCUT2D eigenvalue weighted by Gasteiger charge is 2.17. The first-order valence-electron chi connectivity index (χ1n) is 9.08. The van der Waals surface area contributed by atoms with Crippen molar-refractivity contribution in [1.29, 1.82) is 0 Å². The van der Waals surface area contributed by atoms with Crippen LogP contribution in [-0.4, -0.2) is 48.6 Å². The van der Waals surface area contributed by atoms with Gasteiger partial charge in [-0.1, -0.05) is 20.8 Å². The number of hydrogen-bond acceptors (Lipinski definition) is 6. The van der Waals surface area contributed by atoms with Crippen LogP contribution >= 0.6 is 46.7 Å². The number of aliphatic imine (C=N–C) groups is 1. The summed E-state index contributed by atoms with van der Waals surface area (Å²) in [5, 5.41) is 9.82. The Morgan fingerprint density at radius 1 is 1.29 bits per heavy atom. The number of guanidine groups is 1. The zero-order valence-corrected chi connectivity index (χ0v) is 21.7. The second-order valence-corrected chi connectivity index (χ2v) is 9.34. The zero-order valence-electron chi connectivity index (χ0n) is 17.8. The van der Waals surface area contributed by atoms with Gasteiger partial charge in [0, 0.05) is 50.3 Å². The highest BCUT2D eigenvalue weighted by atomic mass is 127. The Balaban J connectivity index is 0.00000392. The molecule has 158 valence electrons. The quantitative estimate of drug-likeness (QED) is 0.321. The topological polar surface area (TPSA) is 62.6 Å². The molecule has 0 fully saturated rings. The molecule has 2 aromatic rings. The van der Waals surface area contributed by atoms with Crippen molar-refractivity contribution in [3.05, 3.63) is 32.2 Å². The number of rotatable bonds is 7. The molecule has 2 aromatic heterocycles. The largest absolute Gasteiger partial charge is 0.375 e. The molecule has 0 spiro atoms. The number of thiazole rings is 2. The first kappa shape index (κ1) is 25.3. The molecule has 0 aliphatic rings. The van der Waals surface area contributed by atoms with Crippen LogP contribution in [-0.2, 0) is 23.1 Å². The number of hydrogen-bond donors (Lipinski definition) is 1. The molecule has 0 saturated heterocycles. The monoisotopic (exact) mass is 537 g/mol. The van der Waals surface area contributed by atoms with Crippen LogP contribution in [0.2, 0.25) is 0 Å². The van der Waals surface area contributed by atoms with Crippen molar-refractivity contribution in [2.75, 3.05) is 27.7 Å². The van der Waals surface area contributed by atoms with Gasteiger partial charge in [-0.3, -0.25) is 4.99 Å². The van der Waals surface area contributed by atoms with Gasteiger partial charge in [0.2, 0.25) is 0 Å². The van der Waals surface area contributed by atoms with E-state index in [9.17, 15) is 0 Å². The molecule has 1 atom stereocenters. The number of aromatic nitrogens is 2. The minimum absolute atomic E-state index is 0. The van der Waals surface area contributed by atoms with E-state index in [0.717, 1.165) is 40.3 Å². The Hall–Kier alpha value is -0.780. The SMILES string of the molecule is CN=C(NCCc1nc(C(C)(C)C)cs1)N(C)Cc1csc(C(C)OC)n1.I. The lowest BCUT2D eigenvalue weighted by Crippen LogP contribution is -2.39. The molecule has 1 unspecified atom stereocenters. The van der Waals surface area contributed by atoms with E-state index >= 15 is 0 Å². The van der Waals surface area contributed by atoms with Crippen LogP contribution in [0, 0.1) is 0 Å². The molecular weight excluding hydrogens is 505 g/mol. The van der Waals surface area contributed by atoms with E-state index in [-0.39, 0.29) is 35.5 Å². The van der Waals surface area contributed by atoms with Crippen molar-refractivity contribution >= 4 is 52.6 Å². The molecule has 0 aliphatic carbocycles. The van der Waals surface area contributed by atoms with E-state index in [2.05, 4.69) is 51.7 Å². The third-order valence-electron chi connectivity index (χ3n) is 4.19. The highest BCUT2D eigenvalue weighted by Crippen LogP contribution is 2.24. The van der Waals surface area contributed by atoms with E-state index < -0.39 is 0 Å². The van der Waals surface area contributed by atoms with Gasteiger partial charge in [-0.2, -0.15) is 0 Å². The number of methoxy groups -OCH3 is 1. The van der Waals surface area contributed by atoms with Crippen LogP contribution in [0.15, 0.2) is 15.8 Å². The van der Waals surface area contributed by atoms with Gasteiger partial charge in [0.1, 0.15) is 11.1 Å². The second kappa shape index (κ2) is 11.4. The Morgan fingerprint density at radius 2 is 2.00 bits per heavy atom. The Bertz CT molecular complexity index is 754. The molecule has 0 bridgehead atoms. The van der Waals surface area contributed by atoms with Gasteiger partial charge in [-0.25, -0.2) is 9.97 Å². The van der Waals surface area contributed by atoms with Crippen molar-refractivity contribution in [3.8, 4) is 0 Å². The fourth-order valence-electron chi connectivity index (χ4n) is 2.44. The van der Waals surface area contributed by atoms with Crippen LogP contribution in [0.5, 0.6) is 0 Å². The molecular formula is C19H32IN5OS2. The predicted molar refractivity (Wildman–Crippen MR) is 130 cm³/mol. The van der Waals surface area contributed by atoms with Gasteiger partial charge in [0.15, 0.2) is 5.96 Å². The molecule has 2 heterocycles. The third kappa shape index (κ3) is 7.23. The van der Waals surface area contributed by atoms with Crippen LogP contribution in [0.4, 0.5) is 0 Å². The molecule has 1 N–H and O–H groups in total. The lowest BCUT2D eigenvalue weighted by Gasteiger charge is -2.21. The fraction of sp³-hybridized carbons (Fsp3) is 0.632. The third-order valence-corrected chi connectivity index (χ3v) is 6.15. The molecule has 0 amide bonds. The lowest BCUT2D eigenvalue weighted by molar-refractivity contribution is 0.119. The van der Waals surface area contributed by atoms with Crippen molar-refractivity contribution in [2.45, 2.75) is 52.2 Å². The minimum atomic E-state index is 0. The van der Waals surface area contributed by atoms with Crippen molar-refractivity contribution in [1.82, 2.24) is 20.2 Å². The van der Waals surface area contributed by atoms with E-state index in [0.29, 0.717) is 6.54 Å². The normalized spacial score (nSPS) is 13.2. The molecule has 0 aromatic carbocycles. The lowest BCUT2D eigenvalue weighted by atomic mass is 9.93. The van der Waals surface area contributed by atoms with E-state index in [1.807, 2.05) is 14.0 Å². The molecule has 6 nitrogen and oxygen atoms in total. The summed E-state index contributed by atoms with van der Waals surface area (Å²) < 4.78 is 5.33. The summed E-state index contributed by atoms with van der Waals surface area (Å²) in [6.07, 6.45) is 0.919. The Kier molecular flexibility index (Phi) is 10.3. The van der Waals surface area contributed by atoms with Gasteiger partial charge < -0.3 is 15.0 Å². The maximum atomic E-state index is 5.33. The molecule has 28 heavy (non-hydrogen) atoms. The Labute approximate surface area is 193 Å². The molecule has 0 aliphatic heterocycles. The first-order chi connectivity index (χ1) is 12.7. The summed E-state index contributed by atoms with van der Waals surface area (Å²) in [7, 11) is 5.53. The smallest absolute Gasteiger partial charge is 0.193 e. The average Bonchev–Trinajstić information content (AvgIpc) is 3.27. The summed E-state index contributed by atoms with van der Waals surface area (Å²) in [5.74, 6) is 0.858. The number of ether oxygens (including phenoxy) is 1. The molecule has 2 rings (SSSR count). The van der Waals surface area contributed by atoms with Crippen LogP contribution < -0.4 is 5.32 Å².